The monoisotopic (exact) mass is 331 g/mol. The molecule has 5 nitrogen and oxygen atoms in total. The number of ether oxygens (including phenoxy) is 1. The number of amides is 1. The van der Waals surface area contributed by atoms with Crippen molar-refractivity contribution in [2.45, 2.75) is 39.7 Å². The minimum absolute atomic E-state index is 0.0463. The molecule has 23 heavy (non-hydrogen) atoms. The number of likely N-dealkylation sites (tertiary alicyclic amines) is 1. The molecule has 0 aromatic carbocycles. The van der Waals surface area contributed by atoms with Gasteiger partial charge in [-0.15, -0.1) is 11.3 Å². The van der Waals surface area contributed by atoms with Crippen molar-refractivity contribution in [2.75, 3.05) is 13.1 Å². The Hall–Kier alpha value is -1.95. The van der Waals surface area contributed by atoms with Gasteiger partial charge < -0.3 is 9.64 Å². The summed E-state index contributed by atoms with van der Waals surface area (Å²) in [6.45, 7) is 7.23. The normalized spacial score (nSPS) is 18.0. The van der Waals surface area contributed by atoms with Gasteiger partial charge in [-0.1, -0.05) is 0 Å². The third kappa shape index (κ3) is 3.88. The van der Waals surface area contributed by atoms with Crippen molar-refractivity contribution in [2.24, 2.45) is 0 Å². The molecule has 1 aliphatic rings. The first-order valence-electron chi connectivity index (χ1n) is 7.84. The van der Waals surface area contributed by atoms with Gasteiger partial charge in [0.1, 0.15) is 6.10 Å². The van der Waals surface area contributed by atoms with E-state index >= 15 is 0 Å². The van der Waals surface area contributed by atoms with E-state index in [4.69, 9.17) is 4.74 Å². The van der Waals surface area contributed by atoms with Crippen molar-refractivity contribution < 1.29 is 9.53 Å². The van der Waals surface area contributed by atoms with Gasteiger partial charge in [-0.3, -0.25) is 4.79 Å². The van der Waals surface area contributed by atoms with Crippen LogP contribution in [0.3, 0.4) is 0 Å². The first kappa shape index (κ1) is 15.9. The van der Waals surface area contributed by atoms with Crippen LogP contribution in [0.2, 0.25) is 0 Å². The molecule has 0 N–H and O–H groups in total. The van der Waals surface area contributed by atoms with Crippen LogP contribution in [0, 0.1) is 20.8 Å². The summed E-state index contributed by atoms with van der Waals surface area (Å²) in [5.41, 5.74) is 2.92. The maximum Gasteiger partial charge on any atom is 0.317 e. The summed E-state index contributed by atoms with van der Waals surface area (Å²) in [6, 6.07) is 4.28. The van der Waals surface area contributed by atoms with Crippen molar-refractivity contribution in [3.05, 3.63) is 39.3 Å². The maximum atomic E-state index is 12.6. The first-order valence-corrected chi connectivity index (χ1v) is 8.72. The Kier molecular flexibility index (Phi) is 4.61. The fourth-order valence-electron chi connectivity index (χ4n) is 2.81. The largest absolute Gasteiger partial charge is 0.458 e. The van der Waals surface area contributed by atoms with Gasteiger partial charge in [0.05, 0.1) is 11.4 Å². The highest BCUT2D eigenvalue weighted by Gasteiger charge is 2.27. The highest BCUT2D eigenvalue weighted by Crippen LogP contribution is 2.21. The summed E-state index contributed by atoms with van der Waals surface area (Å²) in [7, 11) is 0. The Labute approximate surface area is 140 Å². The van der Waals surface area contributed by atoms with Crippen LogP contribution >= 0.6 is 11.3 Å². The minimum Gasteiger partial charge on any atom is -0.458 e. The average molecular weight is 331 g/mol. The van der Waals surface area contributed by atoms with Crippen LogP contribution in [0.5, 0.6) is 6.01 Å². The molecule has 1 amide bonds. The second-order valence-electron chi connectivity index (χ2n) is 6.05. The van der Waals surface area contributed by atoms with Crippen LogP contribution in [0.4, 0.5) is 0 Å². The fraction of sp³-hybridized carbons (Fsp3) is 0.471. The first-order chi connectivity index (χ1) is 11.0. The zero-order valence-electron chi connectivity index (χ0n) is 13.7. The highest BCUT2D eigenvalue weighted by molar-refractivity contribution is 7.12. The minimum atomic E-state index is -0.0463. The Bertz CT molecular complexity index is 693. The Balaban J connectivity index is 1.67. The lowest BCUT2D eigenvalue weighted by molar-refractivity contribution is 0.0519. The molecule has 3 rings (SSSR count). The van der Waals surface area contributed by atoms with Crippen LogP contribution in [-0.4, -0.2) is 40.0 Å². The number of rotatable bonds is 3. The molecule has 1 aliphatic heterocycles. The zero-order chi connectivity index (χ0) is 16.4. The molecular weight excluding hydrogens is 310 g/mol. The number of piperidine rings is 1. The molecule has 3 heterocycles. The standard InChI is InChI=1S/C17H21N3O2S/c1-11-7-15(23-10-11)16(21)20-6-4-5-14(9-20)22-17-18-12(2)8-13(3)19-17/h7-8,10,14H,4-6,9H2,1-3H3. The number of nitrogens with zero attached hydrogens (tertiary/aromatic N) is 3. The molecule has 122 valence electrons. The number of carbonyl (C=O) groups excluding carboxylic acids is 1. The fourth-order valence-corrected chi connectivity index (χ4v) is 3.68. The second kappa shape index (κ2) is 6.66. The summed E-state index contributed by atoms with van der Waals surface area (Å²) < 4.78 is 5.93. The summed E-state index contributed by atoms with van der Waals surface area (Å²) in [5, 5.41) is 2.01. The Morgan fingerprint density at radius 3 is 2.65 bits per heavy atom. The van der Waals surface area contributed by atoms with Gasteiger partial charge in [0.2, 0.25) is 0 Å². The molecular formula is C17H21N3O2S. The SMILES string of the molecule is Cc1csc(C(=O)N2CCCC(Oc3nc(C)cc(C)n3)C2)c1. The number of hydrogen-bond donors (Lipinski definition) is 0. The van der Waals surface area contributed by atoms with E-state index in [1.807, 2.05) is 43.2 Å². The molecule has 6 heteroatoms. The molecule has 0 aliphatic carbocycles. The molecule has 1 fully saturated rings. The summed E-state index contributed by atoms with van der Waals surface area (Å²) >= 11 is 1.50. The van der Waals surface area contributed by atoms with Crippen molar-refractivity contribution in [3.8, 4) is 6.01 Å². The predicted octanol–water partition coefficient (Wildman–Crippen LogP) is 3.15. The van der Waals surface area contributed by atoms with Crippen LogP contribution in [0.1, 0.15) is 39.5 Å². The van der Waals surface area contributed by atoms with Crippen LogP contribution in [0.15, 0.2) is 17.5 Å². The molecule has 0 spiro atoms. The second-order valence-corrected chi connectivity index (χ2v) is 6.97. The van der Waals surface area contributed by atoms with Crippen molar-refractivity contribution >= 4 is 17.2 Å². The topological polar surface area (TPSA) is 55.3 Å². The molecule has 0 radical (unpaired) electrons. The number of aromatic nitrogens is 2. The summed E-state index contributed by atoms with van der Waals surface area (Å²) in [4.78, 5) is 23.9. The predicted molar refractivity (Wildman–Crippen MR) is 90.1 cm³/mol. The van der Waals surface area contributed by atoms with E-state index in [1.54, 1.807) is 0 Å². The van der Waals surface area contributed by atoms with E-state index in [1.165, 1.54) is 11.3 Å². The number of hydrogen-bond acceptors (Lipinski definition) is 5. The van der Waals surface area contributed by atoms with Crippen molar-refractivity contribution in [3.63, 3.8) is 0 Å². The lowest BCUT2D eigenvalue weighted by Crippen LogP contribution is -2.44. The van der Waals surface area contributed by atoms with E-state index in [2.05, 4.69) is 9.97 Å². The van der Waals surface area contributed by atoms with Crippen LogP contribution in [0.25, 0.3) is 0 Å². The quantitative estimate of drug-likeness (QED) is 0.867. The Morgan fingerprint density at radius 2 is 2.00 bits per heavy atom. The Morgan fingerprint density at radius 1 is 1.26 bits per heavy atom. The molecule has 2 aromatic rings. The van der Waals surface area contributed by atoms with Gasteiger partial charge >= 0.3 is 6.01 Å². The third-order valence-electron chi connectivity index (χ3n) is 3.84. The number of aryl methyl sites for hydroxylation is 3. The lowest BCUT2D eigenvalue weighted by Gasteiger charge is -2.32. The van der Waals surface area contributed by atoms with Gasteiger partial charge in [0.15, 0.2) is 0 Å². The summed E-state index contributed by atoms with van der Waals surface area (Å²) in [5.74, 6) is 0.0951. The van der Waals surface area contributed by atoms with E-state index in [9.17, 15) is 4.79 Å². The number of thiophene rings is 1. The van der Waals surface area contributed by atoms with Crippen LogP contribution < -0.4 is 4.74 Å². The average Bonchev–Trinajstić information content (AvgIpc) is 2.92. The van der Waals surface area contributed by atoms with Gasteiger partial charge in [0.25, 0.3) is 5.91 Å². The van der Waals surface area contributed by atoms with Crippen molar-refractivity contribution in [1.29, 1.82) is 0 Å². The molecule has 1 unspecified atom stereocenters. The molecule has 0 saturated carbocycles. The van der Waals surface area contributed by atoms with E-state index in [-0.39, 0.29) is 12.0 Å². The lowest BCUT2D eigenvalue weighted by atomic mass is 10.1. The van der Waals surface area contributed by atoms with E-state index in [0.717, 1.165) is 41.2 Å². The van der Waals surface area contributed by atoms with Gasteiger partial charge in [-0.2, -0.15) is 0 Å². The van der Waals surface area contributed by atoms with Gasteiger partial charge in [-0.05, 0) is 56.7 Å². The third-order valence-corrected chi connectivity index (χ3v) is 4.88. The molecule has 0 bridgehead atoms. The molecule has 1 saturated heterocycles. The number of carbonyl (C=O) groups is 1. The molecule has 1 atom stereocenters. The van der Waals surface area contributed by atoms with Gasteiger partial charge in [0, 0.05) is 17.9 Å². The zero-order valence-corrected chi connectivity index (χ0v) is 14.5. The van der Waals surface area contributed by atoms with Crippen LogP contribution in [-0.2, 0) is 0 Å². The highest BCUT2D eigenvalue weighted by atomic mass is 32.1. The smallest absolute Gasteiger partial charge is 0.317 e. The van der Waals surface area contributed by atoms with E-state index < -0.39 is 0 Å². The summed E-state index contributed by atoms with van der Waals surface area (Å²) in [6.07, 6.45) is 1.81. The molecule has 2 aromatic heterocycles. The van der Waals surface area contributed by atoms with E-state index in [0.29, 0.717) is 12.6 Å². The van der Waals surface area contributed by atoms with Gasteiger partial charge in [-0.25, -0.2) is 9.97 Å². The van der Waals surface area contributed by atoms with Crippen molar-refractivity contribution in [1.82, 2.24) is 14.9 Å². The maximum absolute atomic E-state index is 12.6.